The van der Waals surface area contributed by atoms with Gasteiger partial charge in [0.15, 0.2) is 0 Å². The van der Waals surface area contributed by atoms with Crippen molar-refractivity contribution >= 4 is 28.9 Å². The number of rotatable bonds is 6. The first-order chi connectivity index (χ1) is 13.3. The van der Waals surface area contributed by atoms with Gasteiger partial charge in [-0.2, -0.15) is 0 Å². The molecule has 150 valence electrons. The van der Waals surface area contributed by atoms with Crippen molar-refractivity contribution in [1.82, 2.24) is 9.80 Å². The van der Waals surface area contributed by atoms with Crippen molar-refractivity contribution < 1.29 is 14.1 Å². The molecule has 3 rings (SSSR count). The number of nitrogens with zero attached hydrogens (tertiary/aromatic N) is 4. The first-order valence-corrected chi connectivity index (χ1v) is 9.42. The molecule has 1 aromatic heterocycles. The lowest BCUT2D eigenvalue weighted by molar-refractivity contribution is -0.384. The number of piperazine rings is 1. The van der Waals surface area contributed by atoms with E-state index in [1.165, 1.54) is 6.07 Å². The Balaban J connectivity index is 1.55. The Kier molecular flexibility index (Phi) is 6.21. The molecule has 1 amide bonds. The van der Waals surface area contributed by atoms with E-state index in [1.807, 2.05) is 35.9 Å². The molecule has 1 aromatic carbocycles. The number of carbonyl (C=O) groups excluding carboxylic acids is 1. The molecule has 1 aliphatic rings. The molecule has 1 aliphatic heterocycles. The van der Waals surface area contributed by atoms with E-state index in [4.69, 9.17) is 16.0 Å². The van der Waals surface area contributed by atoms with Crippen molar-refractivity contribution in [2.24, 2.45) is 0 Å². The minimum atomic E-state index is -0.427. The minimum absolute atomic E-state index is 0.0132. The first kappa shape index (κ1) is 20.2. The summed E-state index contributed by atoms with van der Waals surface area (Å²) in [7, 11) is 1.88. The Morgan fingerprint density at radius 2 is 1.96 bits per heavy atom. The number of nitro groups is 1. The number of benzene rings is 1. The molecule has 1 fully saturated rings. The number of amides is 1. The summed E-state index contributed by atoms with van der Waals surface area (Å²) in [5.41, 5.74) is 0.521. The fourth-order valence-corrected chi connectivity index (χ4v) is 3.50. The Bertz CT molecular complexity index is 861. The van der Waals surface area contributed by atoms with E-state index in [1.54, 1.807) is 17.0 Å². The van der Waals surface area contributed by atoms with Gasteiger partial charge in [-0.1, -0.05) is 11.6 Å². The van der Waals surface area contributed by atoms with Crippen LogP contribution < -0.4 is 4.90 Å². The van der Waals surface area contributed by atoms with Gasteiger partial charge in [0.05, 0.1) is 18.0 Å². The molecular formula is C19H23ClN4O4. The van der Waals surface area contributed by atoms with Crippen LogP contribution >= 0.6 is 11.6 Å². The minimum Gasteiger partial charge on any atom is -0.465 e. The topological polar surface area (TPSA) is 83.1 Å². The number of carbonyl (C=O) groups is 1. The van der Waals surface area contributed by atoms with Crippen LogP contribution in [-0.2, 0) is 11.3 Å². The zero-order valence-electron chi connectivity index (χ0n) is 15.9. The van der Waals surface area contributed by atoms with Crippen LogP contribution in [0.2, 0.25) is 5.02 Å². The monoisotopic (exact) mass is 406 g/mol. The second-order valence-electron chi connectivity index (χ2n) is 6.94. The zero-order valence-corrected chi connectivity index (χ0v) is 16.7. The molecule has 1 saturated heterocycles. The van der Waals surface area contributed by atoms with Crippen molar-refractivity contribution in [1.29, 1.82) is 0 Å². The molecule has 28 heavy (non-hydrogen) atoms. The summed E-state index contributed by atoms with van der Waals surface area (Å²) in [6.45, 7) is 4.86. The lowest BCUT2D eigenvalue weighted by Gasteiger charge is -2.36. The van der Waals surface area contributed by atoms with Gasteiger partial charge in [0.2, 0.25) is 5.91 Å². The van der Waals surface area contributed by atoms with Crippen molar-refractivity contribution in [3.63, 3.8) is 0 Å². The summed E-state index contributed by atoms with van der Waals surface area (Å²) < 4.78 is 5.55. The van der Waals surface area contributed by atoms with E-state index in [0.717, 1.165) is 11.5 Å². The van der Waals surface area contributed by atoms with Crippen LogP contribution in [0.5, 0.6) is 0 Å². The molecular weight excluding hydrogens is 384 g/mol. The number of hydrogen-bond acceptors (Lipinski definition) is 6. The number of likely N-dealkylation sites (N-methyl/N-ethyl adjacent to an activating group) is 1. The number of anilines is 1. The van der Waals surface area contributed by atoms with E-state index in [9.17, 15) is 14.9 Å². The van der Waals surface area contributed by atoms with Crippen molar-refractivity contribution in [3.05, 3.63) is 57.0 Å². The van der Waals surface area contributed by atoms with E-state index in [2.05, 4.69) is 0 Å². The third-order valence-electron chi connectivity index (χ3n) is 4.73. The summed E-state index contributed by atoms with van der Waals surface area (Å²) in [4.78, 5) is 29.1. The van der Waals surface area contributed by atoms with Crippen LogP contribution in [0.4, 0.5) is 11.4 Å². The Morgan fingerprint density at radius 1 is 1.25 bits per heavy atom. The Hall–Kier alpha value is -2.58. The maximum atomic E-state index is 12.6. The number of hydrogen-bond donors (Lipinski definition) is 0. The quantitative estimate of drug-likeness (QED) is 0.541. The van der Waals surface area contributed by atoms with Gasteiger partial charge >= 0.3 is 0 Å². The highest BCUT2D eigenvalue weighted by atomic mass is 35.5. The fourth-order valence-electron chi connectivity index (χ4n) is 3.33. The molecule has 0 N–H and O–H groups in total. The Morgan fingerprint density at radius 3 is 2.57 bits per heavy atom. The summed E-state index contributed by atoms with van der Waals surface area (Å²) in [6.07, 6.45) is 0. The van der Waals surface area contributed by atoms with Crippen LogP contribution in [0.1, 0.15) is 11.5 Å². The molecule has 0 atom stereocenters. The molecule has 8 nitrogen and oxygen atoms in total. The van der Waals surface area contributed by atoms with E-state index in [-0.39, 0.29) is 11.6 Å². The SMILES string of the molecule is Cc1ccc(CN(C)CC(=O)N2CCN(c3ccc(Cl)cc3[N+](=O)[O-])CC2)o1. The van der Waals surface area contributed by atoms with Gasteiger partial charge in [-0.3, -0.25) is 19.8 Å². The molecule has 2 heterocycles. The normalized spacial score (nSPS) is 14.6. The van der Waals surface area contributed by atoms with Gasteiger partial charge in [0.1, 0.15) is 17.2 Å². The van der Waals surface area contributed by atoms with E-state index >= 15 is 0 Å². The van der Waals surface area contributed by atoms with Gasteiger partial charge in [0.25, 0.3) is 5.69 Å². The standard InChI is InChI=1S/C19H23ClN4O4/c1-14-3-5-16(28-14)12-21(2)13-19(25)23-9-7-22(8-10-23)17-6-4-15(20)11-18(17)24(26)27/h3-6,11H,7-10,12-13H2,1-2H3. The number of nitro benzene ring substituents is 1. The van der Waals surface area contributed by atoms with Crippen LogP contribution in [0.15, 0.2) is 34.7 Å². The largest absolute Gasteiger partial charge is 0.465 e. The van der Waals surface area contributed by atoms with Gasteiger partial charge in [-0.15, -0.1) is 0 Å². The van der Waals surface area contributed by atoms with Crippen molar-refractivity contribution in [3.8, 4) is 0 Å². The molecule has 0 spiro atoms. The predicted molar refractivity (Wildman–Crippen MR) is 107 cm³/mol. The van der Waals surface area contributed by atoms with Crippen LogP contribution in [0, 0.1) is 17.0 Å². The van der Waals surface area contributed by atoms with Gasteiger partial charge in [-0.25, -0.2) is 0 Å². The summed E-state index contributed by atoms with van der Waals surface area (Å²) in [5, 5.41) is 11.6. The molecule has 9 heteroatoms. The zero-order chi connectivity index (χ0) is 20.3. The van der Waals surface area contributed by atoms with Gasteiger partial charge in [0, 0.05) is 37.3 Å². The van der Waals surface area contributed by atoms with Gasteiger partial charge < -0.3 is 14.2 Å². The smallest absolute Gasteiger partial charge is 0.294 e. The fraction of sp³-hybridized carbons (Fsp3) is 0.421. The lowest BCUT2D eigenvalue weighted by atomic mass is 10.2. The van der Waals surface area contributed by atoms with Gasteiger partial charge in [-0.05, 0) is 38.2 Å². The highest BCUT2D eigenvalue weighted by molar-refractivity contribution is 6.30. The van der Waals surface area contributed by atoms with Crippen molar-refractivity contribution in [2.75, 3.05) is 44.7 Å². The van der Waals surface area contributed by atoms with Crippen LogP contribution in [-0.4, -0.2) is 60.4 Å². The molecule has 0 unspecified atom stereocenters. The summed E-state index contributed by atoms with van der Waals surface area (Å²) >= 11 is 5.89. The van der Waals surface area contributed by atoms with Crippen LogP contribution in [0.25, 0.3) is 0 Å². The second kappa shape index (κ2) is 8.62. The maximum Gasteiger partial charge on any atom is 0.294 e. The average molecular weight is 407 g/mol. The molecule has 0 saturated carbocycles. The number of halogens is 1. The number of aryl methyl sites for hydroxylation is 1. The second-order valence-corrected chi connectivity index (χ2v) is 7.38. The Labute approximate surface area is 168 Å². The third kappa shape index (κ3) is 4.82. The molecule has 0 aliphatic carbocycles. The molecule has 0 bridgehead atoms. The molecule has 2 aromatic rings. The highest BCUT2D eigenvalue weighted by Crippen LogP contribution is 2.31. The summed E-state index contributed by atoms with van der Waals surface area (Å²) in [5.74, 6) is 1.71. The first-order valence-electron chi connectivity index (χ1n) is 9.04. The average Bonchev–Trinajstić information content (AvgIpc) is 3.06. The number of furan rings is 1. The molecule has 0 radical (unpaired) electrons. The predicted octanol–water partition coefficient (Wildman–Crippen LogP) is 2.93. The van der Waals surface area contributed by atoms with Crippen LogP contribution in [0.3, 0.4) is 0 Å². The van der Waals surface area contributed by atoms with E-state index < -0.39 is 4.92 Å². The maximum absolute atomic E-state index is 12.6. The van der Waals surface area contributed by atoms with E-state index in [0.29, 0.717) is 50.0 Å². The lowest BCUT2D eigenvalue weighted by Crippen LogP contribution is -2.51. The summed E-state index contributed by atoms with van der Waals surface area (Å²) in [6, 6.07) is 8.48. The third-order valence-corrected chi connectivity index (χ3v) is 4.97. The highest BCUT2D eigenvalue weighted by Gasteiger charge is 2.26. The van der Waals surface area contributed by atoms with Crippen molar-refractivity contribution in [2.45, 2.75) is 13.5 Å².